The maximum atomic E-state index is 13.0. The summed E-state index contributed by atoms with van der Waals surface area (Å²) in [5.41, 5.74) is 2.00. The monoisotopic (exact) mass is 412 g/mol. The van der Waals surface area contributed by atoms with Crippen molar-refractivity contribution in [2.24, 2.45) is 0 Å². The van der Waals surface area contributed by atoms with Crippen molar-refractivity contribution >= 4 is 31.8 Å². The van der Waals surface area contributed by atoms with Crippen molar-refractivity contribution in [2.45, 2.75) is 32.2 Å². The first-order chi connectivity index (χ1) is 12.7. The summed E-state index contributed by atoms with van der Waals surface area (Å²) in [5, 5.41) is 2.65. The van der Waals surface area contributed by atoms with Gasteiger partial charge in [0.05, 0.1) is 23.0 Å². The fourth-order valence-corrected chi connectivity index (χ4v) is 6.75. The van der Waals surface area contributed by atoms with E-state index in [1.807, 2.05) is 24.3 Å². The van der Waals surface area contributed by atoms with Gasteiger partial charge in [0.25, 0.3) is 0 Å². The molecule has 0 spiro atoms. The Labute approximate surface area is 160 Å². The Morgan fingerprint density at radius 2 is 2.00 bits per heavy atom. The molecule has 1 N–H and O–H groups in total. The summed E-state index contributed by atoms with van der Waals surface area (Å²) in [6.45, 7) is 1.54. The Morgan fingerprint density at radius 3 is 2.67 bits per heavy atom. The zero-order chi connectivity index (χ0) is 19.7. The van der Waals surface area contributed by atoms with Crippen molar-refractivity contribution in [1.29, 1.82) is 0 Å². The van der Waals surface area contributed by atoms with Crippen LogP contribution >= 0.6 is 0 Å². The number of carbonyl (C=O) groups is 1. The highest BCUT2D eigenvalue weighted by Crippen LogP contribution is 2.28. The summed E-state index contributed by atoms with van der Waals surface area (Å²) in [5.74, 6) is -0.501. The molecule has 1 aromatic rings. The summed E-state index contributed by atoms with van der Waals surface area (Å²) >= 11 is 0. The third-order valence-electron chi connectivity index (χ3n) is 4.95. The lowest BCUT2D eigenvalue weighted by Gasteiger charge is -2.24. The molecule has 1 saturated heterocycles. The summed E-state index contributed by atoms with van der Waals surface area (Å²) in [7, 11) is -6.86. The number of carbonyl (C=O) groups excluding carboxylic acids is 1. The molecule has 1 aliphatic heterocycles. The predicted octanol–water partition coefficient (Wildman–Crippen LogP) is 0.929. The lowest BCUT2D eigenvalue weighted by atomic mass is 9.98. The largest absolute Gasteiger partial charge is 0.351 e. The number of rotatable bonds is 6. The topological polar surface area (TPSA) is 101 Å². The molecule has 1 aromatic carbocycles. The van der Waals surface area contributed by atoms with Crippen LogP contribution in [-0.4, -0.2) is 57.7 Å². The van der Waals surface area contributed by atoms with E-state index in [0.29, 0.717) is 24.2 Å². The minimum Gasteiger partial charge on any atom is -0.351 e. The molecular formula is C18H24N2O5S2. The highest BCUT2D eigenvalue weighted by molar-refractivity contribution is 7.93. The van der Waals surface area contributed by atoms with Gasteiger partial charge in [0.2, 0.25) is 15.9 Å². The number of nitrogens with zero attached hydrogens (tertiary/aromatic N) is 1. The van der Waals surface area contributed by atoms with Crippen molar-refractivity contribution in [3.63, 3.8) is 0 Å². The number of sulfone groups is 1. The number of allylic oxidation sites excluding steroid dienone is 1. The molecule has 0 aromatic heterocycles. The van der Waals surface area contributed by atoms with Crippen LogP contribution in [-0.2, 0) is 31.1 Å². The van der Waals surface area contributed by atoms with Gasteiger partial charge < -0.3 is 5.32 Å². The van der Waals surface area contributed by atoms with Crippen LogP contribution in [0.25, 0.3) is 6.08 Å². The van der Waals surface area contributed by atoms with Crippen LogP contribution in [0, 0.1) is 0 Å². The minimum absolute atomic E-state index is 0.0556. The maximum Gasteiger partial charge on any atom is 0.239 e. The Hall–Kier alpha value is -1.71. The highest BCUT2D eigenvalue weighted by atomic mass is 32.2. The molecule has 1 heterocycles. The molecule has 0 saturated carbocycles. The van der Waals surface area contributed by atoms with Gasteiger partial charge in [0, 0.05) is 12.6 Å². The third kappa shape index (κ3) is 4.59. The number of amides is 1. The molecule has 3 rings (SSSR count). The number of nitrogens with one attached hydrogen (secondary N) is 1. The van der Waals surface area contributed by atoms with E-state index in [2.05, 4.69) is 5.32 Å². The van der Waals surface area contributed by atoms with Crippen LogP contribution in [0.1, 0.15) is 30.9 Å². The second-order valence-corrected chi connectivity index (χ2v) is 11.1. The van der Waals surface area contributed by atoms with Crippen molar-refractivity contribution in [3.05, 3.63) is 40.3 Å². The summed E-state index contributed by atoms with van der Waals surface area (Å²) in [6.07, 6.45) is 3.09. The Bertz CT molecular complexity index is 967. The van der Waals surface area contributed by atoms with E-state index < -0.39 is 31.8 Å². The van der Waals surface area contributed by atoms with Gasteiger partial charge in [-0.2, -0.15) is 4.31 Å². The number of benzene rings is 1. The fourth-order valence-electron chi connectivity index (χ4n) is 3.48. The van der Waals surface area contributed by atoms with Gasteiger partial charge in [-0.3, -0.25) is 4.79 Å². The van der Waals surface area contributed by atoms with E-state index in [0.717, 1.165) is 15.4 Å². The quantitative estimate of drug-likeness (QED) is 0.749. The molecule has 1 amide bonds. The summed E-state index contributed by atoms with van der Waals surface area (Å²) in [4.78, 5) is 12.6. The molecule has 1 atom stereocenters. The van der Waals surface area contributed by atoms with Crippen molar-refractivity contribution in [2.75, 3.05) is 24.6 Å². The average molecular weight is 413 g/mol. The van der Waals surface area contributed by atoms with Crippen LogP contribution in [0.15, 0.2) is 29.2 Å². The molecule has 7 nitrogen and oxygen atoms in total. The zero-order valence-electron chi connectivity index (χ0n) is 15.2. The Morgan fingerprint density at radius 1 is 1.26 bits per heavy atom. The molecule has 1 aliphatic carbocycles. The van der Waals surface area contributed by atoms with Gasteiger partial charge in [-0.15, -0.1) is 0 Å². The maximum absolute atomic E-state index is 13.0. The van der Waals surface area contributed by atoms with Gasteiger partial charge >= 0.3 is 0 Å². The Kier molecular flexibility index (Phi) is 5.73. The van der Waals surface area contributed by atoms with E-state index >= 15 is 0 Å². The third-order valence-corrected chi connectivity index (χ3v) is 8.77. The number of likely N-dealkylation sites (N-methyl/N-ethyl adjacent to an activating group) is 1. The lowest BCUT2D eigenvalue weighted by molar-refractivity contribution is -0.121. The minimum atomic E-state index is -3.75. The molecule has 1 unspecified atom stereocenters. The van der Waals surface area contributed by atoms with Crippen LogP contribution in [0.4, 0.5) is 0 Å². The highest BCUT2D eigenvalue weighted by Gasteiger charge is 2.32. The number of sulfonamides is 1. The van der Waals surface area contributed by atoms with Crippen LogP contribution in [0.3, 0.4) is 0 Å². The molecule has 0 radical (unpaired) electrons. The lowest BCUT2D eigenvalue weighted by Crippen LogP contribution is -2.44. The first kappa shape index (κ1) is 20.0. The number of aryl methyl sites for hydroxylation is 1. The smallest absolute Gasteiger partial charge is 0.239 e. The van der Waals surface area contributed by atoms with Crippen molar-refractivity contribution in [3.8, 4) is 0 Å². The number of hydrogen-bond donors (Lipinski definition) is 1. The molecule has 27 heavy (non-hydrogen) atoms. The fraction of sp³-hybridized carbons (Fsp3) is 0.500. The van der Waals surface area contributed by atoms with Gasteiger partial charge in [-0.25, -0.2) is 16.8 Å². The SMILES string of the molecule is CCN(CC(=O)NC1CCS(=O)(=O)C1)S(=O)(=O)C1=Cc2ccccc2CC1. The Balaban J connectivity index is 1.71. The van der Waals surface area contributed by atoms with Gasteiger partial charge in [-0.05, 0) is 36.5 Å². The van der Waals surface area contributed by atoms with Gasteiger partial charge in [-0.1, -0.05) is 31.2 Å². The van der Waals surface area contributed by atoms with Crippen molar-refractivity contribution in [1.82, 2.24) is 9.62 Å². The van der Waals surface area contributed by atoms with Gasteiger partial charge in [0.15, 0.2) is 9.84 Å². The van der Waals surface area contributed by atoms with Crippen LogP contribution < -0.4 is 5.32 Å². The average Bonchev–Trinajstić information content (AvgIpc) is 2.97. The zero-order valence-corrected chi connectivity index (χ0v) is 16.9. The normalized spacial score (nSPS) is 21.6. The second kappa shape index (κ2) is 7.73. The molecule has 1 fully saturated rings. The van der Waals surface area contributed by atoms with Gasteiger partial charge in [0.1, 0.15) is 0 Å². The van der Waals surface area contributed by atoms with Crippen LogP contribution in [0.5, 0.6) is 0 Å². The molecule has 2 aliphatic rings. The summed E-state index contributed by atoms with van der Waals surface area (Å²) < 4.78 is 50.1. The summed E-state index contributed by atoms with van der Waals surface area (Å²) in [6, 6.07) is 7.22. The molecule has 148 valence electrons. The van der Waals surface area contributed by atoms with E-state index in [4.69, 9.17) is 0 Å². The van der Waals surface area contributed by atoms with E-state index in [1.165, 1.54) is 0 Å². The molecular weight excluding hydrogens is 388 g/mol. The number of hydrogen-bond acceptors (Lipinski definition) is 5. The first-order valence-corrected chi connectivity index (χ1v) is 12.3. The molecule has 0 bridgehead atoms. The van der Waals surface area contributed by atoms with E-state index in [1.54, 1.807) is 13.0 Å². The van der Waals surface area contributed by atoms with E-state index in [9.17, 15) is 21.6 Å². The molecule has 9 heteroatoms. The van der Waals surface area contributed by atoms with E-state index in [-0.39, 0.29) is 24.6 Å². The predicted molar refractivity (Wildman–Crippen MR) is 104 cm³/mol. The first-order valence-electron chi connectivity index (χ1n) is 8.99. The van der Waals surface area contributed by atoms with Crippen molar-refractivity contribution < 1.29 is 21.6 Å². The number of fused-ring (bicyclic) bond motifs is 1. The standard InChI is InChI=1S/C18H24N2O5S2/c1-2-20(12-18(21)19-16-9-10-26(22,23)13-16)27(24,25)17-8-7-14-5-3-4-6-15(14)11-17/h3-6,11,16H,2,7-10,12-13H2,1H3,(H,19,21). The second-order valence-electron chi connectivity index (χ2n) is 6.91. The van der Waals surface area contributed by atoms with Crippen LogP contribution in [0.2, 0.25) is 0 Å².